The lowest BCUT2D eigenvalue weighted by atomic mass is 10.0. The van der Waals surface area contributed by atoms with Crippen molar-refractivity contribution in [1.29, 1.82) is 0 Å². The van der Waals surface area contributed by atoms with Crippen molar-refractivity contribution < 1.29 is 14.3 Å². The molecule has 0 bridgehead atoms. The number of hydrogen-bond acceptors (Lipinski definition) is 4. The van der Waals surface area contributed by atoms with Crippen molar-refractivity contribution >= 4 is 39.8 Å². The lowest BCUT2D eigenvalue weighted by molar-refractivity contribution is 0.0603. The molecule has 144 valence electrons. The number of hydrogen-bond donors (Lipinski definition) is 1. The highest BCUT2D eigenvalue weighted by Gasteiger charge is 2.22. The molecule has 0 saturated carbocycles. The monoisotopic (exact) mass is 413 g/mol. The van der Waals surface area contributed by atoms with Crippen LogP contribution in [-0.4, -0.2) is 19.0 Å². The van der Waals surface area contributed by atoms with Crippen LogP contribution in [0.2, 0.25) is 5.02 Å². The van der Waals surface area contributed by atoms with Gasteiger partial charge in [0, 0.05) is 21.5 Å². The summed E-state index contributed by atoms with van der Waals surface area (Å²) in [6.07, 6.45) is 0. The molecular formula is C22H20ClNO3S. The van der Waals surface area contributed by atoms with E-state index >= 15 is 0 Å². The maximum absolute atomic E-state index is 12.7. The first kappa shape index (κ1) is 20.1. The molecule has 1 heterocycles. The van der Waals surface area contributed by atoms with E-state index in [1.807, 2.05) is 29.6 Å². The third-order valence-electron chi connectivity index (χ3n) is 4.40. The molecule has 0 fully saturated rings. The molecule has 0 saturated heterocycles. The molecule has 0 spiro atoms. The van der Waals surface area contributed by atoms with E-state index in [1.54, 1.807) is 24.3 Å². The van der Waals surface area contributed by atoms with E-state index in [1.165, 1.54) is 18.4 Å². The fraction of sp³-hybridized carbons (Fsp3) is 0.182. The van der Waals surface area contributed by atoms with Crippen LogP contribution in [-0.2, 0) is 4.74 Å². The van der Waals surface area contributed by atoms with Crippen molar-refractivity contribution in [2.24, 2.45) is 0 Å². The Bertz CT molecular complexity index is 992. The van der Waals surface area contributed by atoms with Gasteiger partial charge in [0.2, 0.25) is 0 Å². The predicted octanol–water partition coefficient (Wildman–Crippen LogP) is 6.23. The first-order valence-corrected chi connectivity index (χ1v) is 10.0. The molecule has 0 radical (unpaired) electrons. The Hall–Kier alpha value is -2.63. The largest absolute Gasteiger partial charge is 0.465 e. The minimum Gasteiger partial charge on any atom is -0.465 e. The van der Waals surface area contributed by atoms with Crippen molar-refractivity contribution in [2.75, 3.05) is 12.4 Å². The number of benzene rings is 2. The highest BCUT2D eigenvalue weighted by atomic mass is 35.5. The normalized spacial score (nSPS) is 10.8. The Morgan fingerprint density at radius 2 is 1.68 bits per heavy atom. The zero-order valence-electron chi connectivity index (χ0n) is 15.8. The lowest BCUT2D eigenvalue weighted by Gasteiger charge is -2.09. The maximum Gasteiger partial charge on any atom is 0.341 e. The molecule has 3 aromatic rings. The van der Waals surface area contributed by atoms with Crippen molar-refractivity contribution in [1.82, 2.24) is 0 Å². The molecule has 6 heteroatoms. The van der Waals surface area contributed by atoms with E-state index < -0.39 is 5.97 Å². The van der Waals surface area contributed by atoms with Crippen LogP contribution >= 0.6 is 22.9 Å². The minimum absolute atomic E-state index is 0.273. The summed E-state index contributed by atoms with van der Waals surface area (Å²) in [7, 11) is 1.32. The highest BCUT2D eigenvalue weighted by molar-refractivity contribution is 7.15. The van der Waals surface area contributed by atoms with Gasteiger partial charge in [0.15, 0.2) is 0 Å². The quantitative estimate of drug-likeness (QED) is 0.504. The average Bonchev–Trinajstić information content (AvgIpc) is 3.11. The summed E-state index contributed by atoms with van der Waals surface area (Å²) in [5.74, 6) is -0.385. The molecule has 28 heavy (non-hydrogen) atoms. The van der Waals surface area contributed by atoms with Crippen molar-refractivity contribution in [2.45, 2.75) is 19.8 Å². The summed E-state index contributed by atoms with van der Waals surface area (Å²) in [5, 5.41) is 5.73. The summed E-state index contributed by atoms with van der Waals surface area (Å²) in [6.45, 7) is 4.20. The van der Waals surface area contributed by atoms with Gasteiger partial charge in [-0.15, -0.1) is 11.3 Å². The van der Waals surface area contributed by atoms with Gasteiger partial charge in [-0.05, 0) is 41.3 Å². The summed E-state index contributed by atoms with van der Waals surface area (Å²) in [5.41, 5.74) is 3.54. The molecule has 0 unspecified atom stereocenters. The Morgan fingerprint density at radius 1 is 1.04 bits per heavy atom. The van der Waals surface area contributed by atoms with Crippen molar-refractivity contribution in [3.63, 3.8) is 0 Å². The number of nitrogens with one attached hydrogen (secondary N) is 1. The van der Waals surface area contributed by atoms with Gasteiger partial charge in [-0.1, -0.05) is 49.7 Å². The van der Waals surface area contributed by atoms with Crippen molar-refractivity contribution in [3.05, 3.63) is 75.6 Å². The van der Waals surface area contributed by atoms with Crippen LogP contribution in [0.1, 0.15) is 46.0 Å². The number of esters is 1. The topological polar surface area (TPSA) is 55.4 Å². The number of amides is 1. The number of halogens is 1. The van der Waals surface area contributed by atoms with Crippen LogP contribution in [0.15, 0.2) is 53.9 Å². The third kappa shape index (κ3) is 4.26. The van der Waals surface area contributed by atoms with Gasteiger partial charge in [-0.2, -0.15) is 0 Å². The van der Waals surface area contributed by atoms with Crippen LogP contribution in [0, 0.1) is 0 Å². The molecule has 1 N–H and O–H groups in total. The first-order chi connectivity index (χ1) is 13.4. The van der Waals surface area contributed by atoms with Gasteiger partial charge in [-0.25, -0.2) is 4.79 Å². The van der Waals surface area contributed by atoms with E-state index in [-0.39, 0.29) is 5.91 Å². The average molecular weight is 414 g/mol. The van der Waals surface area contributed by atoms with Crippen LogP contribution < -0.4 is 5.32 Å². The Labute approximate surface area is 173 Å². The third-order valence-corrected chi connectivity index (χ3v) is 5.55. The molecule has 0 aliphatic heterocycles. The lowest BCUT2D eigenvalue weighted by Crippen LogP contribution is -2.14. The van der Waals surface area contributed by atoms with E-state index in [2.05, 4.69) is 19.2 Å². The van der Waals surface area contributed by atoms with Crippen molar-refractivity contribution in [3.8, 4) is 11.1 Å². The fourth-order valence-corrected chi connectivity index (χ4v) is 3.87. The highest BCUT2D eigenvalue weighted by Crippen LogP contribution is 2.36. The van der Waals surface area contributed by atoms with E-state index in [4.69, 9.17) is 16.3 Å². The standard InChI is InChI=1S/C22H20ClNO3S/c1-13(2)14-4-6-16(7-5-14)20(25)24-21-19(22(26)27-3)18(12-28-21)15-8-10-17(23)11-9-15/h4-13H,1-3H3,(H,24,25). The number of ether oxygens (including phenoxy) is 1. The number of rotatable bonds is 5. The number of methoxy groups -OCH3 is 1. The summed E-state index contributed by atoms with van der Waals surface area (Å²) < 4.78 is 4.94. The molecule has 0 aliphatic rings. The zero-order chi connectivity index (χ0) is 20.3. The number of carbonyl (C=O) groups is 2. The Balaban J connectivity index is 1.92. The van der Waals surface area contributed by atoms with Gasteiger partial charge >= 0.3 is 5.97 Å². The van der Waals surface area contributed by atoms with Gasteiger partial charge in [0.25, 0.3) is 5.91 Å². The second-order valence-corrected chi connectivity index (χ2v) is 7.90. The van der Waals surface area contributed by atoms with Crippen LogP contribution in [0.5, 0.6) is 0 Å². The van der Waals surface area contributed by atoms with E-state index in [0.717, 1.165) is 11.1 Å². The van der Waals surface area contributed by atoms with Crippen LogP contribution in [0.3, 0.4) is 0 Å². The Kier molecular flexibility index (Phi) is 6.17. The van der Waals surface area contributed by atoms with Crippen LogP contribution in [0.25, 0.3) is 11.1 Å². The zero-order valence-corrected chi connectivity index (χ0v) is 17.4. The second-order valence-electron chi connectivity index (χ2n) is 6.58. The number of thiophene rings is 1. The van der Waals surface area contributed by atoms with E-state index in [9.17, 15) is 9.59 Å². The molecular weight excluding hydrogens is 394 g/mol. The minimum atomic E-state index is -0.503. The Morgan fingerprint density at radius 3 is 2.25 bits per heavy atom. The molecule has 0 aliphatic carbocycles. The van der Waals surface area contributed by atoms with Gasteiger partial charge in [0.1, 0.15) is 10.6 Å². The fourth-order valence-electron chi connectivity index (χ4n) is 2.79. The maximum atomic E-state index is 12.7. The summed E-state index contributed by atoms with van der Waals surface area (Å²) in [6, 6.07) is 14.6. The molecule has 0 atom stereocenters. The second kappa shape index (κ2) is 8.59. The van der Waals surface area contributed by atoms with Crippen LogP contribution in [0.4, 0.5) is 5.00 Å². The first-order valence-electron chi connectivity index (χ1n) is 8.77. The summed E-state index contributed by atoms with van der Waals surface area (Å²) >= 11 is 7.24. The van der Waals surface area contributed by atoms with Gasteiger partial charge in [0.05, 0.1) is 7.11 Å². The molecule has 2 aromatic carbocycles. The SMILES string of the molecule is COC(=O)c1c(-c2ccc(Cl)cc2)csc1NC(=O)c1ccc(C(C)C)cc1. The van der Waals surface area contributed by atoms with E-state index in [0.29, 0.717) is 32.6 Å². The number of carbonyl (C=O) groups excluding carboxylic acids is 2. The van der Waals surface area contributed by atoms with Gasteiger partial charge in [-0.3, -0.25) is 4.79 Å². The number of anilines is 1. The van der Waals surface area contributed by atoms with Gasteiger partial charge < -0.3 is 10.1 Å². The summed E-state index contributed by atoms with van der Waals surface area (Å²) in [4.78, 5) is 25.1. The predicted molar refractivity (Wildman–Crippen MR) is 115 cm³/mol. The molecule has 4 nitrogen and oxygen atoms in total. The molecule has 1 aromatic heterocycles. The molecule has 1 amide bonds. The molecule has 3 rings (SSSR count). The smallest absolute Gasteiger partial charge is 0.341 e.